The molecule has 1 aliphatic carbocycles. The maximum atomic E-state index is 6.33. The molecule has 0 unspecified atom stereocenters. The van der Waals surface area contributed by atoms with Gasteiger partial charge in [-0.2, -0.15) is 5.10 Å². The summed E-state index contributed by atoms with van der Waals surface area (Å²) < 4.78 is 0. The van der Waals surface area contributed by atoms with Crippen molar-refractivity contribution in [3.63, 3.8) is 0 Å². The van der Waals surface area contributed by atoms with E-state index in [0.29, 0.717) is 26.9 Å². The van der Waals surface area contributed by atoms with Crippen LogP contribution >= 0.6 is 23.2 Å². The summed E-state index contributed by atoms with van der Waals surface area (Å²) in [6.07, 6.45) is 1.79. The Balaban J connectivity index is 1.52. The Morgan fingerprint density at radius 1 is 1.23 bits per heavy atom. The number of benzene rings is 1. The molecule has 0 amide bonds. The molecule has 3 N–H and O–H groups in total. The van der Waals surface area contributed by atoms with E-state index in [1.54, 1.807) is 12.3 Å². The minimum atomic E-state index is 0.150. The molecule has 0 bridgehead atoms. The lowest BCUT2D eigenvalue weighted by atomic mass is 10.0. The van der Waals surface area contributed by atoms with E-state index in [-0.39, 0.29) is 16.9 Å². The summed E-state index contributed by atoms with van der Waals surface area (Å²) >= 11 is 12.5. The van der Waals surface area contributed by atoms with Crippen LogP contribution in [0.1, 0.15) is 13.8 Å². The number of nitrogens with two attached hydrogens (primary N) is 1. The number of piperidine rings is 1. The first-order valence-corrected chi connectivity index (χ1v) is 9.27. The van der Waals surface area contributed by atoms with Crippen LogP contribution in [0.15, 0.2) is 24.4 Å². The molecule has 2 aromatic heterocycles. The first-order chi connectivity index (χ1) is 12.3. The second-order valence-corrected chi connectivity index (χ2v) is 8.55. The van der Waals surface area contributed by atoms with Crippen LogP contribution in [0.5, 0.6) is 0 Å². The van der Waals surface area contributed by atoms with E-state index >= 15 is 0 Å². The SMILES string of the molecule is C[C@@]12CN(c3cnc4c(-c5cccc(Cl)c5Cl)n[nH]c4n3)C[C@]1(C)[C@H]2N. The van der Waals surface area contributed by atoms with Crippen LogP contribution < -0.4 is 10.6 Å². The Labute approximate surface area is 160 Å². The highest BCUT2D eigenvalue weighted by Crippen LogP contribution is 2.66. The summed E-state index contributed by atoms with van der Waals surface area (Å²) in [5.74, 6) is 0.840. The number of halogens is 2. The van der Waals surface area contributed by atoms with Crippen molar-refractivity contribution in [2.75, 3.05) is 18.0 Å². The predicted molar refractivity (Wildman–Crippen MR) is 104 cm³/mol. The Bertz CT molecular complexity index is 1030. The number of hydrogen-bond acceptors (Lipinski definition) is 5. The van der Waals surface area contributed by atoms with Gasteiger partial charge in [0.05, 0.1) is 16.2 Å². The number of anilines is 1. The van der Waals surface area contributed by atoms with Crippen LogP contribution in [-0.4, -0.2) is 39.3 Å². The van der Waals surface area contributed by atoms with E-state index in [1.165, 1.54) is 0 Å². The van der Waals surface area contributed by atoms with Gasteiger partial charge in [0.15, 0.2) is 5.65 Å². The van der Waals surface area contributed by atoms with Gasteiger partial charge in [-0.3, -0.25) is 5.10 Å². The molecule has 3 aromatic rings. The average Bonchev–Trinajstić information content (AvgIpc) is 2.99. The molecule has 134 valence electrons. The third kappa shape index (κ3) is 1.95. The molecular weight excluding hydrogens is 371 g/mol. The number of nitrogens with one attached hydrogen (secondary N) is 1. The topological polar surface area (TPSA) is 83.7 Å². The largest absolute Gasteiger partial charge is 0.354 e. The lowest BCUT2D eigenvalue weighted by molar-refractivity contribution is 0.494. The van der Waals surface area contributed by atoms with E-state index < -0.39 is 0 Å². The third-order valence-electron chi connectivity index (χ3n) is 6.42. The highest BCUT2D eigenvalue weighted by molar-refractivity contribution is 6.43. The molecular formula is C18H18Cl2N6. The lowest BCUT2D eigenvalue weighted by Crippen LogP contribution is -2.33. The molecule has 2 fully saturated rings. The van der Waals surface area contributed by atoms with Gasteiger partial charge in [0.1, 0.15) is 17.0 Å². The molecule has 6 nitrogen and oxygen atoms in total. The fourth-order valence-corrected chi connectivity index (χ4v) is 4.78. The van der Waals surface area contributed by atoms with Gasteiger partial charge in [0.2, 0.25) is 0 Å². The number of aromatic amines is 1. The number of H-pyrrole nitrogens is 1. The fourth-order valence-electron chi connectivity index (χ4n) is 4.39. The first-order valence-electron chi connectivity index (χ1n) is 8.51. The van der Waals surface area contributed by atoms with Crippen molar-refractivity contribution >= 4 is 40.2 Å². The van der Waals surface area contributed by atoms with Gasteiger partial charge in [-0.15, -0.1) is 0 Å². The number of fused-ring (bicyclic) bond motifs is 2. The highest BCUT2D eigenvalue weighted by Gasteiger charge is 2.73. The Morgan fingerprint density at radius 2 is 1.96 bits per heavy atom. The van der Waals surface area contributed by atoms with E-state index in [9.17, 15) is 0 Å². The molecule has 26 heavy (non-hydrogen) atoms. The molecule has 8 heteroatoms. The molecule has 1 aromatic carbocycles. The van der Waals surface area contributed by atoms with E-state index in [2.05, 4.69) is 33.9 Å². The monoisotopic (exact) mass is 388 g/mol. The van der Waals surface area contributed by atoms with Gasteiger partial charge in [0.25, 0.3) is 0 Å². The molecule has 5 rings (SSSR count). The fraction of sp³-hybridized carbons (Fsp3) is 0.389. The molecule has 0 spiro atoms. The summed E-state index contributed by atoms with van der Waals surface area (Å²) in [6.45, 7) is 6.29. The maximum absolute atomic E-state index is 6.33. The smallest absolute Gasteiger partial charge is 0.177 e. The normalized spacial score (nSPS) is 30.0. The quantitative estimate of drug-likeness (QED) is 0.701. The zero-order valence-electron chi connectivity index (χ0n) is 14.4. The molecule has 0 radical (unpaired) electrons. The van der Waals surface area contributed by atoms with Crippen LogP contribution in [0, 0.1) is 10.8 Å². The standard InChI is InChI=1S/C18H18Cl2N6/c1-17-7-26(8-18(17,2)16(17)21)11-6-22-14-13(24-25-15(14)23-11)9-4-3-5-10(19)12(9)20/h3-6,16H,7-8,21H2,1-2H3,(H,23,24,25)/t16-,17-,18+. The third-order valence-corrected chi connectivity index (χ3v) is 7.24. The summed E-state index contributed by atoms with van der Waals surface area (Å²) in [6, 6.07) is 5.71. The van der Waals surface area contributed by atoms with E-state index in [0.717, 1.165) is 24.5 Å². The number of nitrogens with zero attached hydrogens (tertiary/aromatic N) is 4. The zero-order chi connectivity index (χ0) is 18.3. The highest BCUT2D eigenvalue weighted by atomic mass is 35.5. The number of aromatic nitrogens is 4. The Morgan fingerprint density at radius 3 is 2.69 bits per heavy atom. The van der Waals surface area contributed by atoms with Crippen LogP contribution in [0.3, 0.4) is 0 Å². The molecule has 2 aliphatic rings. The summed E-state index contributed by atoms with van der Waals surface area (Å²) in [7, 11) is 0. The first kappa shape index (κ1) is 16.3. The zero-order valence-corrected chi connectivity index (χ0v) is 15.9. The van der Waals surface area contributed by atoms with Crippen LogP contribution in [0.4, 0.5) is 5.82 Å². The Kier molecular flexibility index (Phi) is 3.19. The number of rotatable bonds is 2. The average molecular weight is 389 g/mol. The van der Waals surface area contributed by atoms with Gasteiger partial charge in [-0.1, -0.05) is 49.2 Å². The van der Waals surface area contributed by atoms with Gasteiger partial charge in [-0.05, 0) is 6.07 Å². The minimum absolute atomic E-state index is 0.150. The van der Waals surface area contributed by atoms with Crippen molar-refractivity contribution in [2.45, 2.75) is 19.9 Å². The summed E-state index contributed by atoms with van der Waals surface area (Å²) in [5, 5.41) is 8.28. The van der Waals surface area contributed by atoms with Gasteiger partial charge in [-0.25, -0.2) is 9.97 Å². The second kappa shape index (κ2) is 5.09. The maximum Gasteiger partial charge on any atom is 0.177 e. The van der Waals surface area contributed by atoms with Gasteiger partial charge >= 0.3 is 0 Å². The number of hydrogen-bond donors (Lipinski definition) is 2. The van der Waals surface area contributed by atoms with Crippen molar-refractivity contribution in [3.8, 4) is 11.3 Å². The minimum Gasteiger partial charge on any atom is -0.354 e. The molecule has 1 saturated heterocycles. The van der Waals surface area contributed by atoms with Crippen molar-refractivity contribution in [3.05, 3.63) is 34.4 Å². The predicted octanol–water partition coefficient (Wildman–Crippen LogP) is 3.50. The van der Waals surface area contributed by atoms with Crippen LogP contribution in [0.25, 0.3) is 22.4 Å². The van der Waals surface area contributed by atoms with Crippen molar-refractivity contribution in [1.82, 2.24) is 20.2 Å². The van der Waals surface area contributed by atoms with Gasteiger partial charge in [0, 0.05) is 35.5 Å². The molecule has 1 saturated carbocycles. The van der Waals surface area contributed by atoms with Crippen LogP contribution in [-0.2, 0) is 0 Å². The molecule has 1 aliphatic heterocycles. The van der Waals surface area contributed by atoms with Gasteiger partial charge < -0.3 is 10.6 Å². The molecule has 3 atom stereocenters. The van der Waals surface area contributed by atoms with Crippen LogP contribution in [0.2, 0.25) is 10.0 Å². The summed E-state index contributed by atoms with van der Waals surface area (Å²) in [4.78, 5) is 11.6. The van der Waals surface area contributed by atoms with Crippen molar-refractivity contribution in [2.24, 2.45) is 16.6 Å². The van der Waals surface area contributed by atoms with E-state index in [1.807, 2.05) is 12.1 Å². The Hall–Kier alpha value is -1.89. The molecule has 3 heterocycles. The lowest BCUT2D eigenvalue weighted by Gasteiger charge is -2.22. The summed E-state index contributed by atoms with van der Waals surface area (Å²) in [5.41, 5.74) is 9.26. The van der Waals surface area contributed by atoms with Crippen molar-refractivity contribution < 1.29 is 0 Å². The second-order valence-electron chi connectivity index (χ2n) is 7.77. The van der Waals surface area contributed by atoms with E-state index in [4.69, 9.17) is 33.9 Å². The van der Waals surface area contributed by atoms with Crippen molar-refractivity contribution in [1.29, 1.82) is 0 Å².